The Bertz CT molecular complexity index is 849. The second-order valence-corrected chi connectivity index (χ2v) is 6.36. The van der Waals surface area contributed by atoms with Gasteiger partial charge in [-0.25, -0.2) is 0 Å². The molecule has 0 unspecified atom stereocenters. The highest BCUT2D eigenvalue weighted by Crippen LogP contribution is 2.30. The summed E-state index contributed by atoms with van der Waals surface area (Å²) in [6.45, 7) is 2.51. The van der Waals surface area contributed by atoms with Crippen molar-refractivity contribution in [2.75, 3.05) is 31.2 Å². The fourth-order valence-electron chi connectivity index (χ4n) is 3.12. The van der Waals surface area contributed by atoms with E-state index in [0.717, 1.165) is 5.69 Å². The minimum absolute atomic E-state index is 0.116. The molecule has 0 spiro atoms. The molecule has 0 radical (unpaired) electrons. The summed E-state index contributed by atoms with van der Waals surface area (Å²) in [6, 6.07) is 8.61. The van der Waals surface area contributed by atoms with Gasteiger partial charge in [0.25, 0.3) is 11.8 Å². The average molecular weight is 358 g/mol. The van der Waals surface area contributed by atoms with Crippen LogP contribution in [0.4, 0.5) is 5.69 Å². The number of fused-ring (bicyclic) bond motifs is 1. The summed E-state index contributed by atoms with van der Waals surface area (Å²) in [5, 5.41) is 0.377. The maximum Gasteiger partial charge on any atom is 0.260 e. The summed E-state index contributed by atoms with van der Waals surface area (Å²) in [7, 11) is 0. The highest BCUT2D eigenvalue weighted by molar-refractivity contribution is 6.34. The molecule has 1 aromatic heterocycles. The Morgan fingerprint density at radius 1 is 1.20 bits per heavy atom. The number of hydrogen-bond acceptors (Lipinski definition) is 4. The number of rotatable bonds is 2. The van der Waals surface area contributed by atoms with Crippen molar-refractivity contribution in [2.24, 2.45) is 0 Å². The Kier molecular flexibility index (Phi) is 4.15. The Morgan fingerprint density at radius 3 is 2.76 bits per heavy atom. The van der Waals surface area contributed by atoms with Crippen molar-refractivity contribution < 1.29 is 14.3 Å². The van der Waals surface area contributed by atoms with Gasteiger partial charge in [0.05, 0.1) is 41.6 Å². The maximum absolute atomic E-state index is 12.8. The number of halogens is 1. The van der Waals surface area contributed by atoms with E-state index < -0.39 is 0 Å². The highest BCUT2D eigenvalue weighted by atomic mass is 35.5. The van der Waals surface area contributed by atoms with Crippen LogP contribution in [0.5, 0.6) is 0 Å². The first-order valence-electron chi connectivity index (χ1n) is 8.07. The Labute approximate surface area is 150 Å². The maximum atomic E-state index is 12.8. The van der Waals surface area contributed by atoms with Crippen LogP contribution in [0.15, 0.2) is 36.5 Å². The van der Waals surface area contributed by atoms with Gasteiger partial charge in [0.15, 0.2) is 0 Å². The van der Waals surface area contributed by atoms with Gasteiger partial charge >= 0.3 is 0 Å². The molecule has 2 aliphatic rings. The van der Waals surface area contributed by atoms with E-state index in [0.29, 0.717) is 54.7 Å². The quantitative estimate of drug-likeness (QED) is 0.827. The standard InChI is InChI=1S/C18H16ClN3O3/c19-15-4-3-12(10-14(15)17(23)21-6-8-25-9-7-21)22-11-16-13(18(22)24)2-1-5-20-16/h1-5,10H,6-9,11H2. The smallest absolute Gasteiger partial charge is 0.260 e. The molecule has 4 rings (SSSR count). The van der Waals surface area contributed by atoms with Gasteiger partial charge in [0, 0.05) is 25.0 Å². The number of carbonyl (C=O) groups is 2. The zero-order chi connectivity index (χ0) is 17.4. The molecule has 0 atom stereocenters. The molecule has 0 saturated carbocycles. The minimum atomic E-state index is -0.141. The zero-order valence-electron chi connectivity index (χ0n) is 13.4. The van der Waals surface area contributed by atoms with E-state index in [4.69, 9.17) is 16.3 Å². The number of anilines is 1. The molecule has 1 aromatic carbocycles. The summed E-state index contributed by atoms with van der Waals surface area (Å²) in [4.78, 5) is 33.0. The van der Waals surface area contributed by atoms with Crippen molar-refractivity contribution in [1.82, 2.24) is 9.88 Å². The summed E-state index contributed by atoms with van der Waals surface area (Å²) >= 11 is 6.25. The van der Waals surface area contributed by atoms with Gasteiger partial charge in [-0.05, 0) is 30.3 Å². The molecule has 0 aliphatic carbocycles. The summed E-state index contributed by atoms with van der Waals surface area (Å²) in [5.74, 6) is -0.257. The van der Waals surface area contributed by atoms with Gasteiger partial charge in [-0.3, -0.25) is 14.6 Å². The Hall–Kier alpha value is -2.44. The van der Waals surface area contributed by atoms with E-state index in [-0.39, 0.29) is 11.8 Å². The number of aromatic nitrogens is 1. The fraction of sp³-hybridized carbons (Fsp3) is 0.278. The number of carbonyl (C=O) groups excluding carboxylic acids is 2. The predicted octanol–water partition coefficient (Wildman–Crippen LogP) is 2.37. The second kappa shape index (κ2) is 6.46. The molecule has 0 N–H and O–H groups in total. The molecule has 25 heavy (non-hydrogen) atoms. The molecule has 2 aromatic rings. The number of benzene rings is 1. The van der Waals surface area contributed by atoms with Crippen LogP contribution in [-0.4, -0.2) is 48.0 Å². The van der Waals surface area contributed by atoms with Crippen LogP contribution in [0, 0.1) is 0 Å². The van der Waals surface area contributed by atoms with Crippen molar-refractivity contribution in [1.29, 1.82) is 0 Å². The van der Waals surface area contributed by atoms with Gasteiger partial charge in [0.1, 0.15) is 0 Å². The first-order valence-corrected chi connectivity index (χ1v) is 8.45. The van der Waals surface area contributed by atoms with Gasteiger partial charge in [-0.2, -0.15) is 0 Å². The van der Waals surface area contributed by atoms with Crippen molar-refractivity contribution in [3.8, 4) is 0 Å². The second-order valence-electron chi connectivity index (χ2n) is 5.96. The van der Waals surface area contributed by atoms with Gasteiger partial charge in [0.2, 0.25) is 0 Å². The highest BCUT2D eigenvalue weighted by Gasteiger charge is 2.30. The van der Waals surface area contributed by atoms with E-state index in [9.17, 15) is 9.59 Å². The third-order valence-electron chi connectivity index (χ3n) is 4.46. The van der Waals surface area contributed by atoms with Gasteiger partial charge in [-0.15, -0.1) is 0 Å². The largest absolute Gasteiger partial charge is 0.378 e. The van der Waals surface area contributed by atoms with Crippen molar-refractivity contribution >= 4 is 29.1 Å². The summed E-state index contributed by atoms with van der Waals surface area (Å²) < 4.78 is 5.28. The van der Waals surface area contributed by atoms with Gasteiger partial charge < -0.3 is 14.5 Å². The molecule has 2 amide bonds. The van der Waals surface area contributed by atoms with Crippen LogP contribution in [0.3, 0.4) is 0 Å². The fourth-order valence-corrected chi connectivity index (χ4v) is 3.31. The summed E-state index contributed by atoms with van der Waals surface area (Å²) in [6.07, 6.45) is 1.67. The van der Waals surface area contributed by atoms with Crippen LogP contribution in [0.2, 0.25) is 5.02 Å². The third kappa shape index (κ3) is 2.88. The van der Waals surface area contributed by atoms with E-state index >= 15 is 0 Å². The molecule has 2 aliphatic heterocycles. The number of nitrogens with zero attached hydrogens (tertiary/aromatic N) is 3. The Morgan fingerprint density at radius 2 is 2.00 bits per heavy atom. The molecular formula is C18H16ClN3O3. The first-order chi connectivity index (χ1) is 12.1. The minimum Gasteiger partial charge on any atom is -0.378 e. The lowest BCUT2D eigenvalue weighted by molar-refractivity contribution is 0.0303. The van der Waals surface area contributed by atoms with E-state index in [2.05, 4.69) is 4.98 Å². The van der Waals surface area contributed by atoms with Crippen LogP contribution >= 0.6 is 11.6 Å². The zero-order valence-corrected chi connectivity index (χ0v) is 14.2. The number of hydrogen-bond donors (Lipinski definition) is 0. The summed E-state index contributed by atoms with van der Waals surface area (Å²) in [5.41, 5.74) is 2.38. The van der Waals surface area contributed by atoms with Crippen molar-refractivity contribution in [2.45, 2.75) is 6.54 Å². The topological polar surface area (TPSA) is 62.7 Å². The van der Waals surface area contributed by atoms with Gasteiger partial charge in [-0.1, -0.05) is 11.6 Å². The average Bonchev–Trinajstić information content (AvgIpc) is 2.99. The first kappa shape index (κ1) is 16.1. The molecule has 6 nitrogen and oxygen atoms in total. The number of pyridine rings is 1. The predicted molar refractivity (Wildman–Crippen MR) is 92.9 cm³/mol. The molecule has 7 heteroatoms. The molecular weight excluding hydrogens is 342 g/mol. The number of amides is 2. The van der Waals surface area contributed by atoms with E-state index in [1.165, 1.54) is 0 Å². The van der Waals surface area contributed by atoms with E-state index in [1.54, 1.807) is 46.3 Å². The number of ether oxygens (including phenoxy) is 1. The SMILES string of the molecule is O=C(c1cc(N2Cc3ncccc3C2=O)ccc1Cl)N1CCOCC1. The normalized spacial score (nSPS) is 16.9. The number of morpholine rings is 1. The molecule has 1 saturated heterocycles. The Balaban J connectivity index is 1.64. The monoisotopic (exact) mass is 357 g/mol. The lowest BCUT2D eigenvalue weighted by Crippen LogP contribution is -2.40. The van der Waals surface area contributed by atoms with Crippen LogP contribution in [-0.2, 0) is 11.3 Å². The molecule has 3 heterocycles. The van der Waals surface area contributed by atoms with Crippen molar-refractivity contribution in [3.63, 3.8) is 0 Å². The van der Waals surface area contributed by atoms with Crippen LogP contribution in [0.25, 0.3) is 0 Å². The molecule has 128 valence electrons. The third-order valence-corrected chi connectivity index (χ3v) is 4.79. The van der Waals surface area contributed by atoms with Crippen molar-refractivity contribution in [3.05, 3.63) is 58.4 Å². The van der Waals surface area contributed by atoms with E-state index in [1.807, 2.05) is 0 Å². The van der Waals surface area contributed by atoms with Crippen LogP contribution < -0.4 is 4.90 Å². The lowest BCUT2D eigenvalue weighted by atomic mass is 10.1. The van der Waals surface area contributed by atoms with Crippen LogP contribution in [0.1, 0.15) is 26.4 Å². The molecule has 1 fully saturated rings. The molecule has 0 bridgehead atoms. The lowest BCUT2D eigenvalue weighted by Gasteiger charge is -2.27.